The van der Waals surface area contributed by atoms with Gasteiger partial charge in [0.2, 0.25) is 11.8 Å². The summed E-state index contributed by atoms with van der Waals surface area (Å²) in [6.07, 6.45) is 0. The molecule has 0 N–H and O–H groups in total. The maximum absolute atomic E-state index is 12.4. The molecule has 3 aromatic rings. The Morgan fingerprint density at radius 3 is 2.70 bits per heavy atom. The van der Waals surface area contributed by atoms with Crippen molar-refractivity contribution in [2.45, 2.75) is 11.8 Å². The molecule has 0 unspecified atom stereocenters. The van der Waals surface area contributed by atoms with Crippen molar-refractivity contribution in [3.63, 3.8) is 0 Å². The quantitative estimate of drug-likeness (QED) is 0.552. The first-order valence-corrected chi connectivity index (χ1v) is 9.52. The van der Waals surface area contributed by atoms with Crippen molar-refractivity contribution in [1.29, 1.82) is 0 Å². The molecule has 2 aromatic carbocycles. The van der Waals surface area contributed by atoms with Crippen LogP contribution < -0.4 is 4.74 Å². The number of aromatic nitrogens is 2. The average Bonchev–Trinajstić information content (AvgIpc) is 3.15. The summed E-state index contributed by atoms with van der Waals surface area (Å²) in [6, 6.07) is 14.8. The number of carbonyl (C=O) groups is 1. The van der Waals surface area contributed by atoms with Gasteiger partial charge in [0.25, 0.3) is 5.22 Å². The minimum atomic E-state index is -0.0524. The van der Waals surface area contributed by atoms with Gasteiger partial charge < -0.3 is 14.1 Å². The summed E-state index contributed by atoms with van der Waals surface area (Å²) in [6.45, 7) is 0.456. The van der Waals surface area contributed by atoms with Crippen LogP contribution in [-0.2, 0) is 11.3 Å². The highest BCUT2D eigenvalue weighted by Gasteiger charge is 2.16. The van der Waals surface area contributed by atoms with Crippen molar-refractivity contribution in [3.8, 4) is 17.2 Å². The summed E-state index contributed by atoms with van der Waals surface area (Å²) in [5.74, 6) is 1.22. The molecule has 0 radical (unpaired) electrons. The lowest BCUT2D eigenvalue weighted by molar-refractivity contribution is -0.127. The van der Waals surface area contributed by atoms with Gasteiger partial charge in [-0.2, -0.15) is 0 Å². The maximum atomic E-state index is 12.4. The van der Waals surface area contributed by atoms with E-state index in [2.05, 4.69) is 10.2 Å². The first kappa shape index (κ1) is 19.3. The molecule has 0 bridgehead atoms. The van der Waals surface area contributed by atoms with Gasteiger partial charge in [0, 0.05) is 19.2 Å². The van der Waals surface area contributed by atoms with Gasteiger partial charge in [-0.05, 0) is 18.2 Å². The minimum Gasteiger partial charge on any atom is -0.496 e. The van der Waals surface area contributed by atoms with Crippen LogP contribution in [0.2, 0.25) is 5.02 Å². The molecule has 0 saturated heterocycles. The molecule has 1 amide bonds. The summed E-state index contributed by atoms with van der Waals surface area (Å²) < 4.78 is 10.9. The molecule has 0 spiro atoms. The molecule has 0 aliphatic carbocycles. The number of carbonyl (C=O) groups excluding carboxylic acids is 1. The van der Waals surface area contributed by atoms with Crippen LogP contribution in [0.5, 0.6) is 5.75 Å². The number of methoxy groups -OCH3 is 1. The van der Waals surface area contributed by atoms with Crippen LogP contribution in [-0.4, -0.2) is 40.9 Å². The van der Waals surface area contributed by atoms with E-state index in [1.807, 2.05) is 36.4 Å². The standard InChI is InChI=1S/C19H18ClN3O3S/c1-23(11-13-7-3-6-10-16(13)25-2)17(24)12-27-19-22-21-18(26-19)14-8-4-5-9-15(14)20/h3-10H,11-12H2,1-2H3. The Labute approximate surface area is 166 Å². The van der Waals surface area contributed by atoms with Gasteiger partial charge in [-0.3, -0.25) is 4.79 Å². The number of benzene rings is 2. The molecule has 3 rings (SSSR count). The second kappa shape index (κ2) is 8.92. The van der Waals surface area contributed by atoms with Gasteiger partial charge in [-0.1, -0.05) is 53.7 Å². The van der Waals surface area contributed by atoms with E-state index in [0.717, 1.165) is 11.3 Å². The Kier molecular flexibility index (Phi) is 6.36. The third kappa shape index (κ3) is 4.81. The average molecular weight is 404 g/mol. The number of halogens is 1. The smallest absolute Gasteiger partial charge is 0.277 e. The summed E-state index contributed by atoms with van der Waals surface area (Å²) >= 11 is 7.33. The van der Waals surface area contributed by atoms with Crippen LogP contribution in [0, 0.1) is 0 Å². The van der Waals surface area contributed by atoms with Crippen LogP contribution in [0.3, 0.4) is 0 Å². The van der Waals surface area contributed by atoms with Crippen LogP contribution in [0.25, 0.3) is 11.5 Å². The van der Waals surface area contributed by atoms with Crippen LogP contribution in [0.1, 0.15) is 5.56 Å². The zero-order chi connectivity index (χ0) is 19.2. The Bertz CT molecular complexity index is 932. The van der Waals surface area contributed by atoms with E-state index in [1.165, 1.54) is 11.8 Å². The van der Waals surface area contributed by atoms with Gasteiger partial charge in [0.1, 0.15) is 5.75 Å². The van der Waals surface area contributed by atoms with Crippen molar-refractivity contribution < 1.29 is 13.9 Å². The zero-order valence-electron chi connectivity index (χ0n) is 14.9. The fourth-order valence-corrected chi connectivity index (χ4v) is 3.34. The highest BCUT2D eigenvalue weighted by molar-refractivity contribution is 7.99. The van der Waals surface area contributed by atoms with Crippen molar-refractivity contribution in [1.82, 2.24) is 15.1 Å². The second-order valence-electron chi connectivity index (χ2n) is 5.70. The van der Waals surface area contributed by atoms with Crippen molar-refractivity contribution in [3.05, 3.63) is 59.1 Å². The van der Waals surface area contributed by atoms with Crippen LogP contribution in [0.4, 0.5) is 0 Å². The number of rotatable bonds is 7. The zero-order valence-corrected chi connectivity index (χ0v) is 16.5. The molecule has 1 aromatic heterocycles. The Balaban J connectivity index is 1.58. The number of amides is 1. The molecule has 27 heavy (non-hydrogen) atoms. The van der Waals surface area contributed by atoms with E-state index in [0.29, 0.717) is 28.2 Å². The number of nitrogens with zero attached hydrogens (tertiary/aromatic N) is 3. The Morgan fingerprint density at radius 2 is 1.93 bits per heavy atom. The Morgan fingerprint density at radius 1 is 1.19 bits per heavy atom. The van der Waals surface area contributed by atoms with Gasteiger partial charge in [-0.15, -0.1) is 10.2 Å². The molecule has 0 aliphatic heterocycles. The molecule has 140 valence electrons. The fourth-order valence-electron chi connectivity index (χ4n) is 2.42. The normalized spacial score (nSPS) is 10.6. The monoisotopic (exact) mass is 403 g/mol. The van der Waals surface area contributed by atoms with Gasteiger partial charge in [0.15, 0.2) is 0 Å². The molecule has 0 saturated carbocycles. The van der Waals surface area contributed by atoms with Crippen molar-refractivity contribution >= 4 is 29.3 Å². The largest absolute Gasteiger partial charge is 0.496 e. The summed E-state index contributed by atoms with van der Waals surface area (Å²) in [7, 11) is 3.36. The van der Waals surface area contributed by atoms with Crippen LogP contribution in [0.15, 0.2) is 58.2 Å². The lowest BCUT2D eigenvalue weighted by atomic mass is 10.2. The minimum absolute atomic E-state index is 0.0524. The highest BCUT2D eigenvalue weighted by atomic mass is 35.5. The van der Waals surface area contributed by atoms with E-state index < -0.39 is 0 Å². The lowest BCUT2D eigenvalue weighted by Gasteiger charge is -2.18. The van der Waals surface area contributed by atoms with E-state index in [9.17, 15) is 4.79 Å². The van der Waals surface area contributed by atoms with E-state index in [4.69, 9.17) is 20.8 Å². The predicted octanol–water partition coefficient (Wildman–Crippen LogP) is 4.15. The van der Waals surface area contributed by atoms with Gasteiger partial charge in [-0.25, -0.2) is 0 Å². The van der Waals surface area contributed by atoms with Crippen molar-refractivity contribution in [2.75, 3.05) is 19.9 Å². The molecule has 1 heterocycles. The van der Waals surface area contributed by atoms with Crippen molar-refractivity contribution in [2.24, 2.45) is 0 Å². The summed E-state index contributed by atoms with van der Waals surface area (Å²) in [5.41, 5.74) is 1.61. The summed E-state index contributed by atoms with van der Waals surface area (Å²) in [5, 5.41) is 8.83. The molecular formula is C19H18ClN3O3S. The molecule has 6 nitrogen and oxygen atoms in total. The van der Waals surface area contributed by atoms with Gasteiger partial charge >= 0.3 is 0 Å². The third-order valence-corrected chi connectivity index (χ3v) is 4.99. The topological polar surface area (TPSA) is 68.5 Å². The van der Waals surface area contributed by atoms with E-state index >= 15 is 0 Å². The number of thioether (sulfide) groups is 1. The SMILES string of the molecule is COc1ccccc1CN(C)C(=O)CSc1nnc(-c2ccccc2Cl)o1. The molecule has 0 fully saturated rings. The first-order valence-electron chi connectivity index (χ1n) is 8.15. The lowest BCUT2D eigenvalue weighted by Crippen LogP contribution is -2.28. The molecule has 0 aliphatic rings. The maximum Gasteiger partial charge on any atom is 0.277 e. The predicted molar refractivity (Wildman–Crippen MR) is 105 cm³/mol. The first-order chi connectivity index (χ1) is 13.1. The number of hydrogen-bond donors (Lipinski definition) is 0. The van der Waals surface area contributed by atoms with Crippen LogP contribution >= 0.6 is 23.4 Å². The molecule has 8 heteroatoms. The fraction of sp³-hybridized carbons (Fsp3) is 0.211. The van der Waals surface area contributed by atoms with E-state index in [-0.39, 0.29) is 11.7 Å². The Hall–Kier alpha value is -2.51. The summed E-state index contributed by atoms with van der Waals surface area (Å²) in [4.78, 5) is 14.0. The number of ether oxygens (including phenoxy) is 1. The number of hydrogen-bond acceptors (Lipinski definition) is 6. The highest BCUT2D eigenvalue weighted by Crippen LogP contribution is 2.28. The third-order valence-electron chi connectivity index (χ3n) is 3.86. The van der Waals surface area contributed by atoms with E-state index in [1.54, 1.807) is 31.2 Å². The molecular weight excluding hydrogens is 386 g/mol. The number of para-hydroxylation sites is 1. The van der Waals surface area contributed by atoms with Gasteiger partial charge in [0.05, 0.1) is 23.4 Å². The molecule has 0 atom stereocenters. The second-order valence-corrected chi connectivity index (χ2v) is 7.04.